The highest BCUT2D eigenvalue weighted by Crippen LogP contribution is 2.51. The van der Waals surface area contributed by atoms with Gasteiger partial charge < -0.3 is 14.4 Å². The van der Waals surface area contributed by atoms with Gasteiger partial charge in [0.05, 0.1) is 35.7 Å². The summed E-state index contributed by atoms with van der Waals surface area (Å²) in [5.74, 6) is 0.386. The Morgan fingerprint density at radius 1 is 1.09 bits per heavy atom. The summed E-state index contributed by atoms with van der Waals surface area (Å²) in [5, 5.41) is 1.54. The van der Waals surface area contributed by atoms with E-state index < -0.39 is 0 Å². The fourth-order valence-corrected chi connectivity index (χ4v) is 5.93. The summed E-state index contributed by atoms with van der Waals surface area (Å²) in [4.78, 5) is 35.7. The first-order chi connectivity index (χ1) is 16.5. The van der Waals surface area contributed by atoms with E-state index in [1.165, 1.54) is 11.8 Å². The van der Waals surface area contributed by atoms with Crippen LogP contribution in [0.2, 0.25) is 0 Å². The van der Waals surface area contributed by atoms with Crippen molar-refractivity contribution >= 4 is 51.9 Å². The number of carbonyl (C=O) groups is 2. The minimum absolute atomic E-state index is 0.0329. The van der Waals surface area contributed by atoms with Crippen molar-refractivity contribution in [2.24, 2.45) is 4.99 Å². The molecule has 0 unspecified atom stereocenters. The van der Waals surface area contributed by atoms with Crippen molar-refractivity contribution in [2.75, 3.05) is 32.2 Å². The van der Waals surface area contributed by atoms with Gasteiger partial charge in [0.1, 0.15) is 10.7 Å². The number of thioether (sulfide) groups is 2. The number of methoxy groups -OCH3 is 1. The van der Waals surface area contributed by atoms with E-state index >= 15 is 0 Å². The summed E-state index contributed by atoms with van der Waals surface area (Å²) in [6, 6.07) is 12.9. The Morgan fingerprint density at radius 2 is 1.85 bits per heavy atom. The number of hydrogen-bond donors (Lipinski definition) is 0. The van der Waals surface area contributed by atoms with Crippen molar-refractivity contribution in [1.82, 2.24) is 4.90 Å². The third kappa shape index (κ3) is 4.81. The Labute approximate surface area is 208 Å². The lowest BCUT2D eigenvalue weighted by Crippen LogP contribution is -2.30. The Morgan fingerprint density at radius 3 is 2.53 bits per heavy atom. The molecule has 0 N–H and O–H groups in total. The number of unbranched alkanes of at least 4 members (excludes halogenated alkanes) is 1. The van der Waals surface area contributed by atoms with Crippen LogP contribution in [0.1, 0.15) is 37.0 Å². The molecule has 34 heavy (non-hydrogen) atoms. The molecule has 1 amide bonds. The van der Waals surface area contributed by atoms with Crippen molar-refractivity contribution < 1.29 is 19.1 Å². The average molecular weight is 498 g/mol. The summed E-state index contributed by atoms with van der Waals surface area (Å²) < 4.78 is 10.4. The predicted octanol–water partition coefficient (Wildman–Crippen LogP) is 5.65. The Hall–Kier alpha value is -2.91. The molecule has 0 aromatic heterocycles. The van der Waals surface area contributed by atoms with Crippen LogP contribution >= 0.6 is 23.5 Å². The topological polar surface area (TPSA) is 71.4 Å². The molecule has 2 aliphatic heterocycles. The summed E-state index contributed by atoms with van der Waals surface area (Å²) in [6.45, 7) is 4.81. The second kappa shape index (κ2) is 10.6. The molecule has 2 aromatic carbocycles. The van der Waals surface area contributed by atoms with Crippen molar-refractivity contribution in [3.63, 3.8) is 0 Å². The van der Waals surface area contributed by atoms with Crippen LogP contribution < -0.4 is 9.64 Å². The number of nitrogens with zero attached hydrogens (tertiary/aromatic N) is 3. The Balaban J connectivity index is 1.65. The van der Waals surface area contributed by atoms with E-state index in [4.69, 9.17) is 14.5 Å². The van der Waals surface area contributed by atoms with Gasteiger partial charge in [-0.15, -0.1) is 0 Å². The van der Waals surface area contributed by atoms with Crippen LogP contribution in [0, 0.1) is 0 Å². The molecule has 1 saturated heterocycles. The third-order valence-corrected chi connectivity index (χ3v) is 7.87. The van der Waals surface area contributed by atoms with Crippen molar-refractivity contribution in [1.29, 1.82) is 0 Å². The lowest BCUT2D eigenvalue weighted by atomic mass is 10.2. The van der Waals surface area contributed by atoms with Crippen LogP contribution in [0.3, 0.4) is 0 Å². The first kappa shape index (κ1) is 24.2. The van der Waals surface area contributed by atoms with E-state index in [0.29, 0.717) is 34.5 Å². The first-order valence-electron chi connectivity index (χ1n) is 11.2. The number of fused-ring (bicyclic) bond motifs is 1. The van der Waals surface area contributed by atoms with Crippen molar-refractivity contribution in [2.45, 2.75) is 31.6 Å². The van der Waals surface area contributed by atoms with E-state index in [-0.39, 0.29) is 11.9 Å². The number of benzene rings is 2. The second-order valence-electron chi connectivity index (χ2n) is 7.70. The van der Waals surface area contributed by atoms with Gasteiger partial charge in [0, 0.05) is 24.6 Å². The van der Waals surface area contributed by atoms with E-state index in [1.807, 2.05) is 30.1 Å². The molecule has 4 rings (SSSR count). The number of rotatable bonds is 7. The summed E-state index contributed by atoms with van der Waals surface area (Å²) >= 11 is 2.98. The molecule has 2 heterocycles. The normalized spacial score (nSPS) is 18.6. The molecule has 178 valence electrons. The molecule has 0 spiro atoms. The molecule has 1 fully saturated rings. The standard InChI is InChI=1S/C25H27N3O4S2/c1-5-7-14-28-22(29)21(23-27(3)19-15-18(31-4)12-13-20(19)33-23)34-25(28)26-17-10-8-16(9-11-17)24(30)32-6-2/h8-13,15H,5-7,14H2,1-4H3. The summed E-state index contributed by atoms with van der Waals surface area (Å²) in [6.07, 6.45) is 1.86. The monoisotopic (exact) mass is 497 g/mol. The number of amides is 1. The van der Waals surface area contributed by atoms with E-state index in [1.54, 1.807) is 55.0 Å². The van der Waals surface area contributed by atoms with Crippen molar-refractivity contribution in [3.8, 4) is 5.75 Å². The molecule has 2 aromatic rings. The smallest absolute Gasteiger partial charge is 0.338 e. The quantitative estimate of drug-likeness (QED) is 0.362. The van der Waals surface area contributed by atoms with Crippen LogP contribution in [0.4, 0.5) is 11.4 Å². The summed E-state index contributed by atoms with van der Waals surface area (Å²) in [7, 11) is 3.61. The van der Waals surface area contributed by atoms with Gasteiger partial charge >= 0.3 is 5.97 Å². The van der Waals surface area contributed by atoms with Gasteiger partial charge in [0.2, 0.25) is 0 Å². The molecule has 7 nitrogen and oxygen atoms in total. The largest absolute Gasteiger partial charge is 0.497 e. The zero-order valence-corrected chi connectivity index (χ0v) is 21.3. The molecule has 0 aliphatic carbocycles. The van der Waals surface area contributed by atoms with Crippen LogP contribution in [-0.4, -0.2) is 49.3 Å². The average Bonchev–Trinajstić information content (AvgIpc) is 3.33. The molecule has 0 saturated carbocycles. The van der Waals surface area contributed by atoms with Crippen LogP contribution in [0.25, 0.3) is 0 Å². The fourth-order valence-electron chi connectivity index (χ4n) is 3.58. The van der Waals surface area contributed by atoms with Gasteiger partial charge in [-0.2, -0.15) is 0 Å². The summed E-state index contributed by atoms with van der Waals surface area (Å²) in [5.41, 5.74) is 2.17. The highest BCUT2D eigenvalue weighted by Gasteiger charge is 2.39. The predicted molar refractivity (Wildman–Crippen MR) is 138 cm³/mol. The highest BCUT2D eigenvalue weighted by molar-refractivity contribution is 8.19. The van der Waals surface area contributed by atoms with Crippen molar-refractivity contribution in [3.05, 3.63) is 58.0 Å². The number of ether oxygens (including phenoxy) is 2. The van der Waals surface area contributed by atoms with Crippen LogP contribution in [0.15, 0.2) is 62.3 Å². The Kier molecular flexibility index (Phi) is 7.53. The van der Waals surface area contributed by atoms with Gasteiger partial charge in [-0.25, -0.2) is 9.79 Å². The first-order valence-corrected chi connectivity index (χ1v) is 12.8. The van der Waals surface area contributed by atoms with E-state index in [2.05, 4.69) is 6.92 Å². The molecule has 0 radical (unpaired) electrons. The lowest BCUT2D eigenvalue weighted by molar-refractivity contribution is -0.122. The lowest BCUT2D eigenvalue weighted by Gasteiger charge is -2.16. The number of esters is 1. The van der Waals surface area contributed by atoms with E-state index in [9.17, 15) is 9.59 Å². The SMILES string of the molecule is CCCCN1C(=O)C(=C2Sc3ccc(OC)cc3N2C)SC1=Nc1ccc(C(=O)OCC)cc1. The second-order valence-corrected chi connectivity index (χ2v) is 9.71. The van der Waals surface area contributed by atoms with Gasteiger partial charge in [0.25, 0.3) is 5.91 Å². The maximum absolute atomic E-state index is 13.5. The Bertz CT molecular complexity index is 1160. The number of hydrogen-bond acceptors (Lipinski definition) is 8. The molecule has 0 bridgehead atoms. The maximum atomic E-state index is 13.5. The third-order valence-electron chi connectivity index (χ3n) is 5.44. The van der Waals surface area contributed by atoms with E-state index in [0.717, 1.165) is 34.2 Å². The number of aliphatic imine (C=N–C) groups is 1. The van der Waals surface area contributed by atoms with Gasteiger partial charge in [-0.05, 0) is 61.5 Å². The minimum atomic E-state index is -0.360. The molecule has 0 atom stereocenters. The zero-order valence-electron chi connectivity index (χ0n) is 19.7. The van der Waals surface area contributed by atoms with Crippen LogP contribution in [-0.2, 0) is 9.53 Å². The van der Waals surface area contributed by atoms with Crippen LogP contribution in [0.5, 0.6) is 5.75 Å². The number of anilines is 1. The zero-order chi connectivity index (χ0) is 24.2. The molecular formula is C25H27N3O4S2. The van der Waals surface area contributed by atoms with Gasteiger partial charge in [-0.3, -0.25) is 9.69 Å². The number of amidine groups is 1. The van der Waals surface area contributed by atoms with Gasteiger partial charge in [0.15, 0.2) is 5.17 Å². The molecule has 9 heteroatoms. The molecular weight excluding hydrogens is 470 g/mol. The number of carbonyl (C=O) groups excluding carboxylic acids is 2. The fraction of sp³-hybridized carbons (Fsp3) is 0.320. The highest BCUT2D eigenvalue weighted by atomic mass is 32.2. The molecule has 2 aliphatic rings. The van der Waals surface area contributed by atoms with Gasteiger partial charge in [-0.1, -0.05) is 25.1 Å². The maximum Gasteiger partial charge on any atom is 0.338 e. The minimum Gasteiger partial charge on any atom is -0.497 e.